The molecule has 0 aromatic carbocycles. The topological polar surface area (TPSA) is 114 Å². The number of nitrogens with two attached hydrogens (primary N) is 1. The highest BCUT2D eigenvalue weighted by atomic mass is 79.9. The molecule has 1 rings (SSSR count). The van der Waals surface area contributed by atoms with Crippen LogP contribution in [0.25, 0.3) is 0 Å². The van der Waals surface area contributed by atoms with Crippen molar-refractivity contribution in [3.05, 3.63) is 9.48 Å². The van der Waals surface area contributed by atoms with Crippen LogP contribution in [-0.4, -0.2) is 25.4 Å². The van der Waals surface area contributed by atoms with E-state index in [4.69, 9.17) is 15.5 Å². The van der Waals surface area contributed by atoms with Crippen molar-refractivity contribution < 1.29 is 19.1 Å². The van der Waals surface area contributed by atoms with Crippen molar-refractivity contribution in [1.82, 2.24) is 4.98 Å². The number of thiazole rings is 1. The van der Waals surface area contributed by atoms with Gasteiger partial charge in [0.05, 0.1) is 0 Å². The van der Waals surface area contributed by atoms with E-state index < -0.39 is 18.2 Å². The Morgan fingerprint density at radius 3 is 2.67 bits per heavy atom. The molecule has 6 nitrogen and oxygen atoms in total. The van der Waals surface area contributed by atoms with Gasteiger partial charge in [0.15, 0.2) is 5.13 Å². The van der Waals surface area contributed by atoms with Gasteiger partial charge < -0.3 is 15.5 Å². The molecule has 0 fully saturated rings. The number of nitrogens with zero attached hydrogens (tertiary/aromatic N) is 1. The molecule has 0 aliphatic rings. The number of hydrogen-bond donors (Lipinski definition) is 3. The van der Waals surface area contributed by atoms with E-state index in [1.807, 2.05) is 0 Å². The van der Waals surface area contributed by atoms with Crippen molar-refractivity contribution in [2.75, 3.05) is 11.2 Å². The lowest BCUT2D eigenvalue weighted by atomic mass is 10.6. The van der Waals surface area contributed by atoms with Crippen molar-refractivity contribution in [2.24, 2.45) is 0 Å². The lowest BCUT2D eigenvalue weighted by Crippen LogP contribution is -1.97. The standard InChI is InChI=1S/C5H6BrN2O4PS2/c6-3-2(8-5(7)15-3)4(9)14-1-13(10,11)12/h1H2,(H2,7,8)(H2,10,11,12). The van der Waals surface area contributed by atoms with E-state index in [2.05, 4.69) is 20.9 Å². The zero-order valence-electron chi connectivity index (χ0n) is 7.08. The Bertz CT molecular complexity index is 431. The smallest absolute Gasteiger partial charge is 0.335 e. The molecule has 15 heavy (non-hydrogen) atoms. The summed E-state index contributed by atoms with van der Waals surface area (Å²) in [4.78, 5) is 32.3. The molecule has 0 aliphatic carbocycles. The SMILES string of the molecule is Nc1nc(C(=O)SCP(=O)(O)O)c(Br)s1. The Hall–Kier alpha value is 0.0800. The van der Waals surface area contributed by atoms with Gasteiger partial charge in [0.25, 0.3) is 0 Å². The third-order valence-electron chi connectivity index (χ3n) is 1.16. The molecular formula is C5H6BrN2O4PS2. The maximum absolute atomic E-state index is 11.4. The summed E-state index contributed by atoms with van der Waals surface area (Å²) >= 11 is 4.69. The Morgan fingerprint density at radius 1 is 1.67 bits per heavy atom. The Balaban J connectivity index is 2.70. The Labute approximate surface area is 102 Å². The molecule has 1 aromatic rings. The van der Waals surface area contributed by atoms with Gasteiger partial charge in [-0.2, -0.15) is 0 Å². The number of nitrogen functional groups attached to an aromatic ring is 1. The molecule has 0 saturated heterocycles. The number of rotatable bonds is 3. The quantitative estimate of drug-likeness (QED) is 0.718. The first kappa shape index (κ1) is 13.1. The minimum Gasteiger partial charge on any atom is -0.375 e. The largest absolute Gasteiger partial charge is 0.375 e. The van der Waals surface area contributed by atoms with Gasteiger partial charge in [-0.15, -0.1) is 0 Å². The van der Waals surface area contributed by atoms with Crippen LogP contribution in [0.4, 0.5) is 5.13 Å². The molecule has 1 aromatic heterocycles. The molecule has 84 valence electrons. The molecule has 0 atom stereocenters. The van der Waals surface area contributed by atoms with Crippen molar-refractivity contribution in [3.8, 4) is 0 Å². The fraction of sp³-hybridized carbons (Fsp3) is 0.200. The fourth-order valence-corrected chi connectivity index (χ4v) is 3.60. The minimum atomic E-state index is -4.18. The number of halogens is 1. The summed E-state index contributed by atoms with van der Waals surface area (Å²) in [6.07, 6.45) is 0. The van der Waals surface area contributed by atoms with Gasteiger partial charge in [0.2, 0.25) is 5.12 Å². The number of thioether (sulfide) groups is 1. The first-order valence-electron chi connectivity index (χ1n) is 3.43. The fourth-order valence-electron chi connectivity index (χ4n) is 0.654. The van der Waals surface area contributed by atoms with E-state index >= 15 is 0 Å². The zero-order chi connectivity index (χ0) is 11.6. The molecule has 1 heterocycles. The molecule has 10 heteroatoms. The second-order valence-corrected chi connectivity index (χ2v) is 7.77. The van der Waals surface area contributed by atoms with Gasteiger partial charge in [-0.25, -0.2) is 4.98 Å². The average Bonchev–Trinajstić information content (AvgIpc) is 2.40. The zero-order valence-corrected chi connectivity index (χ0v) is 11.2. The summed E-state index contributed by atoms with van der Waals surface area (Å²) in [6, 6.07) is 0. The van der Waals surface area contributed by atoms with Crippen LogP contribution < -0.4 is 5.73 Å². The van der Waals surface area contributed by atoms with Crippen molar-refractivity contribution in [1.29, 1.82) is 0 Å². The predicted molar refractivity (Wildman–Crippen MR) is 63.1 cm³/mol. The number of carbonyl (C=O) groups excluding carboxylic acids is 1. The van der Waals surface area contributed by atoms with Crippen LogP contribution in [-0.2, 0) is 4.57 Å². The molecule has 0 spiro atoms. The van der Waals surface area contributed by atoms with E-state index in [-0.39, 0.29) is 10.8 Å². The van der Waals surface area contributed by atoms with Gasteiger partial charge in [0.1, 0.15) is 15.0 Å². The maximum atomic E-state index is 11.4. The lowest BCUT2D eigenvalue weighted by Gasteiger charge is -2.00. The highest BCUT2D eigenvalue weighted by molar-refractivity contribution is 9.11. The van der Waals surface area contributed by atoms with E-state index in [0.29, 0.717) is 15.5 Å². The van der Waals surface area contributed by atoms with Crippen molar-refractivity contribution in [2.45, 2.75) is 0 Å². The van der Waals surface area contributed by atoms with Gasteiger partial charge in [0, 0.05) is 0 Å². The monoisotopic (exact) mass is 332 g/mol. The molecule has 0 unspecified atom stereocenters. The molecule has 0 amide bonds. The summed E-state index contributed by atoms with van der Waals surface area (Å²) < 4.78 is 11.0. The van der Waals surface area contributed by atoms with E-state index in [1.54, 1.807) is 0 Å². The Kier molecular flexibility index (Phi) is 4.33. The van der Waals surface area contributed by atoms with E-state index in [1.165, 1.54) is 0 Å². The van der Waals surface area contributed by atoms with Gasteiger partial charge in [-0.3, -0.25) is 9.36 Å². The number of hydrogen-bond acceptors (Lipinski definition) is 6. The molecule has 0 radical (unpaired) electrons. The molecule has 0 saturated carbocycles. The van der Waals surface area contributed by atoms with Crippen LogP contribution in [0, 0.1) is 0 Å². The number of anilines is 1. The summed E-state index contributed by atoms with van der Waals surface area (Å²) in [6.45, 7) is 0. The first-order valence-corrected chi connectivity index (χ1v) is 7.82. The normalized spacial score (nSPS) is 11.7. The molecular weight excluding hydrogens is 327 g/mol. The third-order valence-corrected chi connectivity index (χ3v) is 5.01. The summed E-state index contributed by atoms with van der Waals surface area (Å²) in [5.41, 5.74) is 4.90. The molecule has 4 N–H and O–H groups in total. The average molecular weight is 333 g/mol. The second-order valence-electron chi connectivity index (χ2n) is 2.40. The van der Waals surface area contributed by atoms with Crippen LogP contribution in [0.5, 0.6) is 0 Å². The van der Waals surface area contributed by atoms with Gasteiger partial charge in [-0.1, -0.05) is 23.1 Å². The van der Waals surface area contributed by atoms with Crippen LogP contribution in [0.1, 0.15) is 10.5 Å². The maximum Gasteiger partial charge on any atom is 0.335 e. The highest BCUT2D eigenvalue weighted by Crippen LogP contribution is 2.40. The van der Waals surface area contributed by atoms with Crippen molar-refractivity contribution in [3.63, 3.8) is 0 Å². The minimum absolute atomic E-state index is 0.0935. The van der Waals surface area contributed by atoms with E-state index in [9.17, 15) is 9.36 Å². The third kappa shape index (κ3) is 4.21. The van der Waals surface area contributed by atoms with Gasteiger partial charge >= 0.3 is 7.60 Å². The second kappa shape index (κ2) is 4.94. The van der Waals surface area contributed by atoms with Crippen LogP contribution in [0.3, 0.4) is 0 Å². The number of aromatic nitrogens is 1. The van der Waals surface area contributed by atoms with Crippen LogP contribution in [0.2, 0.25) is 0 Å². The van der Waals surface area contributed by atoms with Crippen LogP contribution >= 0.6 is 46.6 Å². The summed E-state index contributed by atoms with van der Waals surface area (Å²) in [5.74, 6) is 0. The van der Waals surface area contributed by atoms with E-state index in [0.717, 1.165) is 11.3 Å². The first-order chi connectivity index (χ1) is 6.79. The number of carbonyl (C=O) groups is 1. The van der Waals surface area contributed by atoms with Crippen LogP contribution in [0.15, 0.2) is 3.79 Å². The summed E-state index contributed by atoms with van der Waals surface area (Å²) in [7, 11) is -4.18. The van der Waals surface area contributed by atoms with Crippen molar-refractivity contribution >= 4 is 56.9 Å². The molecule has 0 bridgehead atoms. The predicted octanol–water partition coefficient (Wildman–Crippen LogP) is 1.50. The van der Waals surface area contributed by atoms with Gasteiger partial charge in [-0.05, 0) is 15.9 Å². The Morgan fingerprint density at radius 2 is 2.27 bits per heavy atom. The summed E-state index contributed by atoms with van der Waals surface area (Å²) in [5, 5.41) is -0.292. The lowest BCUT2D eigenvalue weighted by molar-refractivity contribution is 0.108. The molecule has 0 aliphatic heterocycles. The highest BCUT2D eigenvalue weighted by Gasteiger charge is 2.21.